The molecule has 68 valence electrons. The van der Waals surface area contributed by atoms with Crippen molar-refractivity contribution in [2.45, 2.75) is 33.1 Å². The maximum Gasteiger partial charge on any atom is 0.307 e. The molecule has 0 aromatic rings. The standard InChI is InChI=1S/C9H14O3/c1-3-4-5-8(7(2)10)6-9(11)12/h5H,3-4,6H2,1-2H3,(H,11,12)/b8-5+. The number of carbonyl (C=O) groups is 2. The van der Waals surface area contributed by atoms with Crippen molar-refractivity contribution in [1.82, 2.24) is 0 Å². The molecule has 0 heterocycles. The first kappa shape index (κ1) is 10.9. The van der Waals surface area contributed by atoms with Crippen LogP contribution >= 0.6 is 0 Å². The van der Waals surface area contributed by atoms with E-state index in [1.54, 1.807) is 6.08 Å². The predicted molar refractivity (Wildman–Crippen MR) is 45.9 cm³/mol. The maximum absolute atomic E-state index is 10.9. The van der Waals surface area contributed by atoms with E-state index in [-0.39, 0.29) is 12.2 Å². The Morgan fingerprint density at radius 3 is 2.33 bits per heavy atom. The number of allylic oxidation sites excluding steroid dienone is 1. The summed E-state index contributed by atoms with van der Waals surface area (Å²) in [6.07, 6.45) is 3.24. The van der Waals surface area contributed by atoms with Gasteiger partial charge in [-0.3, -0.25) is 9.59 Å². The van der Waals surface area contributed by atoms with Crippen molar-refractivity contribution in [3.05, 3.63) is 11.6 Å². The Bertz CT molecular complexity index is 204. The quantitative estimate of drug-likeness (QED) is 0.640. The molecule has 1 N–H and O–H groups in total. The molecular formula is C9H14O3. The van der Waals surface area contributed by atoms with E-state index in [0.717, 1.165) is 12.8 Å². The van der Waals surface area contributed by atoms with Gasteiger partial charge in [-0.1, -0.05) is 19.4 Å². The van der Waals surface area contributed by atoms with E-state index in [9.17, 15) is 9.59 Å². The average Bonchev–Trinajstić information content (AvgIpc) is 1.96. The Balaban J connectivity index is 4.22. The zero-order valence-electron chi connectivity index (χ0n) is 7.46. The van der Waals surface area contributed by atoms with E-state index in [4.69, 9.17) is 5.11 Å². The van der Waals surface area contributed by atoms with Gasteiger partial charge in [-0.25, -0.2) is 0 Å². The van der Waals surface area contributed by atoms with Gasteiger partial charge in [0, 0.05) is 5.57 Å². The minimum atomic E-state index is -0.951. The summed E-state index contributed by atoms with van der Waals surface area (Å²) in [5.41, 5.74) is 0.407. The van der Waals surface area contributed by atoms with Crippen LogP contribution in [0, 0.1) is 0 Å². The fourth-order valence-corrected chi connectivity index (χ4v) is 0.822. The summed E-state index contributed by atoms with van der Waals surface area (Å²) in [4.78, 5) is 21.1. The van der Waals surface area contributed by atoms with Crippen LogP contribution in [-0.4, -0.2) is 16.9 Å². The second kappa shape index (κ2) is 5.52. The van der Waals surface area contributed by atoms with Crippen molar-refractivity contribution in [3.8, 4) is 0 Å². The molecular weight excluding hydrogens is 156 g/mol. The second-order valence-corrected chi connectivity index (χ2v) is 2.64. The van der Waals surface area contributed by atoms with E-state index in [2.05, 4.69) is 0 Å². The van der Waals surface area contributed by atoms with E-state index in [1.807, 2.05) is 6.92 Å². The second-order valence-electron chi connectivity index (χ2n) is 2.64. The summed E-state index contributed by atoms with van der Waals surface area (Å²) in [7, 11) is 0. The van der Waals surface area contributed by atoms with E-state index >= 15 is 0 Å². The summed E-state index contributed by atoms with van der Waals surface area (Å²) in [5.74, 6) is -1.10. The third-order valence-electron chi connectivity index (χ3n) is 1.47. The predicted octanol–water partition coefficient (Wildman–Crippen LogP) is 1.78. The van der Waals surface area contributed by atoms with Crippen LogP contribution in [0.4, 0.5) is 0 Å². The minimum Gasteiger partial charge on any atom is -0.481 e. The van der Waals surface area contributed by atoms with Gasteiger partial charge in [-0.2, -0.15) is 0 Å². The summed E-state index contributed by atoms with van der Waals surface area (Å²) in [6.45, 7) is 3.37. The number of unbranched alkanes of at least 4 members (excludes halogenated alkanes) is 1. The SMILES string of the molecule is CCC/C=C(\CC(=O)O)C(C)=O. The Morgan fingerprint density at radius 1 is 1.42 bits per heavy atom. The molecule has 0 aliphatic heterocycles. The topological polar surface area (TPSA) is 54.4 Å². The molecule has 0 bridgehead atoms. The molecule has 0 saturated carbocycles. The van der Waals surface area contributed by atoms with Crippen LogP contribution in [0.15, 0.2) is 11.6 Å². The minimum absolute atomic E-state index is 0.147. The number of aliphatic carboxylic acids is 1. The summed E-state index contributed by atoms with van der Waals surface area (Å²) < 4.78 is 0. The molecule has 0 fully saturated rings. The van der Waals surface area contributed by atoms with Gasteiger partial charge < -0.3 is 5.11 Å². The molecule has 0 unspecified atom stereocenters. The lowest BCUT2D eigenvalue weighted by Gasteiger charge is -1.98. The highest BCUT2D eigenvalue weighted by Crippen LogP contribution is 2.05. The zero-order valence-corrected chi connectivity index (χ0v) is 7.46. The molecule has 0 spiro atoms. The van der Waals surface area contributed by atoms with Crippen LogP contribution < -0.4 is 0 Å². The van der Waals surface area contributed by atoms with Crippen molar-refractivity contribution >= 4 is 11.8 Å². The molecule has 0 rings (SSSR count). The van der Waals surface area contributed by atoms with Crippen LogP contribution in [0.25, 0.3) is 0 Å². The highest BCUT2D eigenvalue weighted by Gasteiger charge is 2.07. The molecule has 3 nitrogen and oxygen atoms in total. The van der Waals surface area contributed by atoms with E-state index in [1.165, 1.54) is 6.92 Å². The lowest BCUT2D eigenvalue weighted by atomic mass is 10.1. The molecule has 0 aliphatic rings. The smallest absolute Gasteiger partial charge is 0.307 e. The number of hydrogen-bond donors (Lipinski definition) is 1. The fourth-order valence-electron chi connectivity index (χ4n) is 0.822. The molecule has 0 saturated heterocycles. The number of rotatable bonds is 5. The first-order valence-corrected chi connectivity index (χ1v) is 3.99. The van der Waals surface area contributed by atoms with Gasteiger partial charge in [0.2, 0.25) is 0 Å². The first-order chi connectivity index (χ1) is 5.57. The van der Waals surface area contributed by atoms with E-state index < -0.39 is 5.97 Å². The van der Waals surface area contributed by atoms with Gasteiger partial charge >= 0.3 is 5.97 Å². The highest BCUT2D eigenvalue weighted by atomic mass is 16.4. The monoisotopic (exact) mass is 170 g/mol. The van der Waals surface area contributed by atoms with Crippen LogP contribution in [0.2, 0.25) is 0 Å². The number of carboxylic acids is 1. The van der Waals surface area contributed by atoms with E-state index in [0.29, 0.717) is 5.57 Å². The van der Waals surface area contributed by atoms with Gasteiger partial charge in [0.15, 0.2) is 5.78 Å². The Labute approximate surface area is 72.1 Å². The van der Waals surface area contributed by atoms with Gasteiger partial charge in [0.05, 0.1) is 6.42 Å². The van der Waals surface area contributed by atoms with Gasteiger partial charge in [0.25, 0.3) is 0 Å². The summed E-state index contributed by atoms with van der Waals surface area (Å²) in [6, 6.07) is 0. The lowest BCUT2D eigenvalue weighted by molar-refractivity contribution is -0.136. The summed E-state index contributed by atoms with van der Waals surface area (Å²) >= 11 is 0. The first-order valence-electron chi connectivity index (χ1n) is 3.99. The van der Waals surface area contributed by atoms with Gasteiger partial charge in [0.1, 0.15) is 0 Å². The Hall–Kier alpha value is -1.12. The number of carbonyl (C=O) groups excluding carboxylic acids is 1. The molecule has 0 radical (unpaired) electrons. The Kier molecular flexibility index (Phi) is 5.00. The molecule has 0 amide bonds. The number of carboxylic acid groups (broad SMARTS) is 1. The molecule has 12 heavy (non-hydrogen) atoms. The van der Waals surface area contributed by atoms with Crippen molar-refractivity contribution < 1.29 is 14.7 Å². The number of hydrogen-bond acceptors (Lipinski definition) is 2. The van der Waals surface area contributed by atoms with Crippen molar-refractivity contribution in [3.63, 3.8) is 0 Å². The molecule has 0 aliphatic carbocycles. The lowest BCUT2D eigenvalue weighted by Crippen LogP contribution is -2.04. The number of Topliss-reactive ketones (excluding diaryl/α,β-unsaturated/α-hetero) is 1. The maximum atomic E-state index is 10.9. The largest absolute Gasteiger partial charge is 0.481 e. The zero-order chi connectivity index (χ0) is 9.56. The van der Waals surface area contributed by atoms with Crippen molar-refractivity contribution in [2.75, 3.05) is 0 Å². The van der Waals surface area contributed by atoms with Gasteiger partial charge in [-0.15, -0.1) is 0 Å². The molecule has 0 aromatic heterocycles. The van der Waals surface area contributed by atoms with Crippen molar-refractivity contribution in [2.24, 2.45) is 0 Å². The third-order valence-corrected chi connectivity index (χ3v) is 1.47. The highest BCUT2D eigenvalue weighted by molar-refractivity contribution is 5.97. The fraction of sp³-hybridized carbons (Fsp3) is 0.556. The van der Waals surface area contributed by atoms with Crippen LogP contribution in [0.1, 0.15) is 33.1 Å². The molecule has 0 atom stereocenters. The normalized spacial score (nSPS) is 11.3. The average molecular weight is 170 g/mol. The molecule has 0 aromatic carbocycles. The van der Waals surface area contributed by atoms with Crippen LogP contribution in [-0.2, 0) is 9.59 Å². The Morgan fingerprint density at radius 2 is 2.00 bits per heavy atom. The van der Waals surface area contributed by atoms with Gasteiger partial charge in [-0.05, 0) is 13.3 Å². The molecule has 3 heteroatoms. The summed E-state index contributed by atoms with van der Waals surface area (Å²) in [5, 5.41) is 8.44. The van der Waals surface area contributed by atoms with Crippen LogP contribution in [0.5, 0.6) is 0 Å². The number of ketones is 1. The third kappa shape index (κ3) is 4.66. The van der Waals surface area contributed by atoms with Crippen LogP contribution in [0.3, 0.4) is 0 Å². The van der Waals surface area contributed by atoms with Crippen molar-refractivity contribution in [1.29, 1.82) is 0 Å².